The van der Waals surface area contributed by atoms with Crippen molar-refractivity contribution in [1.82, 2.24) is 0 Å². The Labute approximate surface area is 208 Å². The molecule has 0 saturated heterocycles. The van der Waals surface area contributed by atoms with E-state index in [1.807, 2.05) is 12.1 Å². The van der Waals surface area contributed by atoms with Gasteiger partial charge < -0.3 is 5.73 Å². The second-order valence-corrected chi connectivity index (χ2v) is 8.95. The van der Waals surface area contributed by atoms with Crippen LogP contribution in [0.15, 0.2) is 121 Å². The maximum Gasteiger partial charge on any atom is 0.0314 e. The second kappa shape index (κ2) is 9.87. The van der Waals surface area contributed by atoms with Gasteiger partial charge in [-0.15, -0.1) is 0 Å². The molecule has 0 aliphatic heterocycles. The molecule has 0 amide bonds. The fourth-order valence-electron chi connectivity index (χ4n) is 4.71. The fourth-order valence-corrected chi connectivity index (χ4v) is 4.71. The number of hydrogen-bond acceptors (Lipinski definition) is 1. The van der Waals surface area contributed by atoms with Crippen molar-refractivity contribution in [1.29, 1.82) is 0 Å². The van der Waals surface area contributed by atoms with Gasteiger partial charge in [0.15, 0.2) is 0 Å². The summed E-state index contributed by atoms with van der Waals surface area (Å²) in [6.07, 6.45) is 2.27. The highest BCUT2D eigenvalue weighted by molar-refractivity contribution is 6.01. The molecule has 5 aromatic carbocycles. The fraction of sp³-hybridized carbons (Fsp3) is 0.0588. The monoisotopic (exact) mass is 451 g/mol. The van der Waals surface area contributed by atoms with Gasteiger partial charge in [-0.2, -0.15) is 0 Å². The lowest BCUT2D eigenvalue weighted by Crippen LogP contribution is -1.98. The zero-order chi connectivity index (χ0) is 24.2. The summed E-state index contributed by atoms with van der Waals surface area (Å²) in [6.45, 7) is 4.38. The van der Waals surface area contributed by atoms with Gasteiger partial charge in [-0.3, -0.25) is 0 Å². The average molecular weight is 452 g/mol. The first-order chi connectivity index (χ1) is 17.1. The largest absolute Gasteiger partial charge is 0.399 e. The normalized spacial score (nSPS) is 11.4. The first-order valence-corrected chi connectivity index (χ1v) is 12.0. The van der Waals surface area contributed by atoms with Crippen molar-refractivity contribution in [3.63, 3.8) is 0 Å². The molecule has 0 atom stereocenters. The van der Waals surface area contributed by atoms with Crippen LogP contribution in [-0.4, -0.2) is 0 Å². The molecule has 5 aromatic rings. The van der Waals surface area contributed by atoms with Crippen LogP contribution in [-0.2, 0) is 0 Å². The molecule has 35 heavy (non-hydrogen) atoms. The SMILES string of the molecule is Cc1ccccc1-c1cccc(C(=Cc2ccc(N)cc2)c2ccccc2)c1-c1ccccc1C. The molecule has 0 radical (unpaired) electrons. The zero-order valence-electron chi connectivity index (χ0n) is 20.2. The third kappa shape index (κ3) is 4.67. The highest BCUT2D eigenvalue weighted by atomic mass is 14.5. The summed E-state index contributed by atoms with van der Waals surface area (Å²) in [5, 5.41) is 0. The lowest BCUT2D eigenvalue weighted by Gasteiger charge is -2.21. The summed E-state index contributed by atoms with van der Waals surface area (Å²) in [4.78, 5) is 0. The van der Waals surface area contributed by atoms with E-state index in [-0.39, 0.29) is 0 Å². The third-order valence-electron chi connectivity index (χ3n) is 6.54. The highest BCUT2D eigenvalue weighted by Gasteiger charge is 2.18. The molecule has 0 aliphatic carbocycles. The van der Waals surface area contributed by atoms with E-state index >= 15 is 0 Å². The lowest BCUT2D eigenvalue weighted by molar-refractivity contribution is 1.42. The van der Waals surface area contributed by atoms with Crippen LogP contribution in [0.3, 0.4) is 0 Å². The van der Waals surface area contributed by atoms with E-state index in [4.69, 9.17) is 5.73 Å². The average Bonchev–Trinajstić information content (AvgIpc) is 2.89. The highest BCUT2D eigenvalue weighted by Crippen LogP contribution is 2.42. The Morgan fingerprint density at radius 3 is 1.77 bits per heavy atom. The van der Waals surface area contributed by atoms with Gasteiger partial charge in [0.2, 0.25) is 0 Å². The minimum atomic E-state index is 0.769. The van der Waals surface area contributed by atoms with Crippen molar-refractivity contribution in [3.05, 3.63) is 149 Å². The van der Waals surface area contributed by atoms with E-state index in [0.29, 0.717) is 0 Å². The van der Waals surface area contributed by atoms with Crippen LogP contribution in [0.5, 0.6) is 0 Å². The van der Waals surface area contributed by atoms with Gasteiger partial charge in [0.1, 0.15) is 0 Å². The Morgan fingerprint density at radius 1 is 0.543 bits per heavy atom. The molecule has 0 saturated carbocycles. The second-order valence-electron chi connectivity index (χ2n) is 8.95. The number of anilines is 1. The van der Waals surface area contributed by atoms with E-state index in [1.54, 1.807) is 0 Å². The summed E-state index contributed by atoms with van der Waals surface area (Å²) >= 11 is 0. The van der Waals surface area contributed by atoms with E-state index in [0.717, 1.165) is 11.3 Å². The minimum Gasteiger partial charge on any atom is -0.399 e. The molecule has 0 bridgehead atoms. The number of rotatable bonds is 5. The maximum atomic E-state index is 5.97. The van der Waals surface area contributed by atoms with Crippen molar-refractivity contribution in [2.45, 2.75) is 13.8 Å². The van der Waals surface area contributed by atoms with E-state index in [9.17, 15) is 0 Å². The molecule has 1 heteroatoms. The van der Waals surface area contributed by atoms with E-state index < -0.39 is 0 Å². The topological polar surface area (TPSA) is 26.0 Å². The predicted octanol–water partition coefficient (Wildman–Crippen LogP) is 8.81. The minimum absolute atomic E-state index is 0.769. The van der Waals surface area contributed by atoms with Crippen molar-refractivity contribution < 1.29 is 0 Å². The van der Waals surface area contributed by atoms with Gasteiger partial charge in [0.05, 0.1) is 0 Å². The van der Waals surface area contributed by atoms with Crippen molar-refractivity contribution in [2.24, 2.45) is 0 Å². The molecule has 0 spiro atoms. The van der Waals surface area contributed by atoms with Crippen LogP contribution >= 0.6 is 0 Å². The van der Waals surface area contributed by atoms with Gasteiger partial charge in [-0.1, -0.05) is 109 Å². The van der Waals surface area contributed by atoms with Crippen LogP contribution in [0.4, 0.5) is 5.69 Å². The first-order valence-electron chi connectivity index (χ1n) is 12.0. The summed E-state index contributed by atoms with van der Waals surface area (Å²) in [5.74, 6) is 0. The molecule has 0 fully saturated rings. The molecule has 170 valence electrons. The molecule has 0 heterocycles. The standard InChI is InChI=1S/C34H29N/c1-24-11-6-8-15-29(24)31-17-10-18-32(34(31)30-16-9-7-12-25(30)2)33(27-13-4-3-5-14-27)23-26-19-21-28(35)22-20-26/h3-23H,35H2,1-2H3. The smallest absolute Gasteiger partial charge is 0.0314 e. The van der Waals surface area contributed by atoms with Crippen LogP contribution in [0.2, 0.25) is 0 Å². The molecule has 0 unspecified atom stereocenters. The van der Waals surface area contributed by atoms with Gasteiger partial charge in [-0.05, 0) is 87.7 Å². The molecule has 0 aliphatic rings. The van der Waals surface area contributed by atoms with Crippen LogP contribution in [0, 0.1) is 13.8 Å². The van der Waals surface area contributed by atoms with Crippen LogP contribution < -0.4 is 5.73 Å². The van der Waals surface area contributed by atoms with Crippen molar-refractivity contribution >= 4 is 17.3 Å². The lowest BCUT2D eigenvalue weighted by atomic mass is 9.83. The molecular weight excluding hydrogens is 422 g/mol. The summed E-state index contributed by atoms with van der Waals surface area (Å²) in [5.41, 5.74) is 19.0. The van der Waals surface area contributed by atoms with Crippen molar-refractivity contribution in [2.75, 3.05) is 5.73 Å². The van der Waals surface area contributed by atoms with Gasteiger partial charge >= 0.3 is 0 Å². The molecule has 5 rings (SSSR count). The molecular formula is C34H29N. The summed E-state index contributed by atoms with van der Waals surface area (Å²) in [6, 6.07) is 42.7. The molecule has 0 aromatic heterocycles. The number of nitrogen functional groups attached to an aromatic ring is 1. The van der Waals surface area contributed by atoms with Crippen LogP contribution in [0.1, 0.15) is 27.8 Å². The van der Waals surface area contributed by atoms with Gasteiger partial charge in [-0.25, -0.2) is 0 Å². The summed E-state index contributed by atoms with van der Waals surface area (Å²) in [7, 11) is 0. The predicted molar refractivity (Wildman–Crippen MR) is 151 cm³/mol. The number of hydrogen-bond donors (Lipinski definition) is 1. The van der Waals surface area contributed by atoms with Gasteiger partial charge in [0, 0.05) is 5.69 Å². The Hall–Kier alpha value is -4.36. The Kier molecular flexibility index (Phi) is 6.32. The zero-order valence-corrected chi connectivity index (χ0v) is 20.2. The van der Waals surface area contributed by atoms with Crippen molar-refractivity contribution in [3.8, 4) is 22.3 Å². The van der Waals surface area contributed by atoms with E-state index in [2.05, 4.69) is 129 Å². The number of nitrogens with two attached hydrogens (primary N) is 1. The Balaban J connectivity index is 1.85. The first kappa shape index (κ1) is 22.4. The van der Waals surface area contributed by atoms with Crippen LogP contribution in [0.25, 0.3) is 33.9 Å². The van der Waals surface area contributed by atoms with E-state index in [1.165, 1.54) is 50.1 Å². The van der Waals surface area contributed by atoms with Gasteiger partial charge in [0.25, 0.3) is 0 Å². The Morgan fingerprint density at radius 2 is 1.11 bits per heavy atom. The number of aryl methyl sites for hydroxylation is 2. The quantitative estimate of drug-likeness (QED) is 0.210. The molecule has 1 nitrogen and oxygen atoms in total. The summed E-state index contributed by atoms with van der Waals surface area (Å²) < 4.78 is 0. The molecule has 2 N–H and O–H groups in total. The number of benzene rings is 5. The third-order valence-corrected chi connectivity index (χ3v) is 6.54. The Bertz CT molecular complexity index is 1490. The maximum absolute atomic E-state index is 5.97.